The lowest BCUT2D eigenvalue weighted by Gasteiger charge is -2.35. The van der Waals surface area contributed by atoms with E-state index >= 15 is 0 Å². The number of hydrogen-bond donors (Lipinski definition) is 2. The molecule has 0 radical (unpaired) electrons. The molecule has 1 saturated heterocycles. The molecule has 1 aromatic heterocycles. The number of nitrogens with one attached hydrogen (secondary N) is 1. The number of benzene rings is 1. The van der Waals surface area contributed by atoms with Gasteiger partial charge in [-0.15, -0.1) is 0 Å². The summed E-state index contributed by atoms with van der Waals surface area (Å²) >= 11 is 0. The van der Waals surface area contributed by atoms with Crippen LogP contribution in [0, 0.1) is 0 Å². The summed E-state index contributed by atoms with van der Waals surface area (Å²) in [6.07, 6.45) is 3.88. The standard InChI is InChI=1S/C14H19N3O/c1-14(2,18)12-7-4-8-17(12)11-6-3-5-10-13(11)16-9-15-10/h3,5-6,9,12,18H,4,7-8H2,1-2H3,(H,15,16)/t12-/m0/s1. The third-order valence-electron chi connectivity index (χ3n) is 3.81. The maximum atomic E-state index is 10.3. The number of para-hydroxylation sites is 1. The second-order valence-corrected chi connectivity index (χ2v) is 5.58. The average Bonchev–Trinajstić information content (AvgIpc) is 2.96. The van der Waals surface area contributed by atoms with E-state index in [0.29, 0.717) is 0 Å². The monoisotopic (exact) mass is 245 g/mol. The highest BCUT2D eigenvalue weighted by Crippen LogP contribution is 2.34. The summed E-state index contributed by atoms with van der Waals surface area (Å²) in [6, 6.07) is 6.32. The zero-order valence-electron chi connectivity index (χ0n) is 10.8. The van der Waals surface area contributed by atoms with Crippen molar-refractivity contribution in [1.29, 1.82) is 0 Å². The van der Waals surface area contributed by atoms with E-state index in [4.69, 9.17) is 0 Å². The maximum absolute atomic E-state index is 10.3. The lowest BCUT2D eigenvalue weighted by atomic mass is 9.96. The number of anilines is 1. The van der Waals surface area contributed by atoms with Crippen LogP contribution in [-0.4, -0.2) is 33.3 Å². The first kappa shape index (κ1) is 11.5. The molecule has 1 aliphatic rings. The highest BCUT2D eigenvalue weighted by Gasteiger charge is 2.36. The van der Waals surface area contributed by atoms with Gasteiger partial charge in [0.2, 0.25) is 0 Å². The third-order valence-corrected chi connectivity index (χ3v) is 3.81. The van der Waals surface area contributed by atoms with Crippen molar-refractivity contribution in [3.05, 3.63) is 24.5 Å². The number of nitrogens with zero attached hydrogens (tertiary/aromatic N) is 2. The minimum atomic E-state index is -0.686. The summed E-state index contributed by atoms with van der Waals surface area (Å²) in [5, 5.41) is 10.3. The highest BCUT2D eigenvalue weighted by atomic mass is 16.3. The quantitative estimate of drug-likeness (QED) is 0.853. The van der Waals surface area contributed by atoms with Crippen molar-refractivity contribution < 1.29 is 5.11 Å². The summed E-state index contributed by atoms with van der Waals surface area (Å²) in [4.78, 5) is 9.83. The smallest absolute Gasteiger partial charge is 0.112 e. The van der Waals surface area contributed by atoms with Gasteiger partial charge in [-0.3, -0.25) is 0 Å². The number of aromatic nitrogens is 2. The van der Waals surface area contributed by atoms with Crippen LogP contribution in [0.5, 0.6) is 0 Å². The average molecular weight is 245 g/mol. The molecule has 2 aromatic rings. The first-order valence-corrected chi connectivity index (χ1v) is 6.48. The number of aliphatic hydroxyl groups is 1. The topological polar surface area (TPSA) is 52.1 Å². The summed E-state index contributed by atoms with van der Waals surface area (Å²) < 4.78 is 0. The summed E-state index contributed by atoms with van der Waals surface area (Å²) in [6.45, 7) is 4.77. The first-order chi connectivity index (χ1) is 8.57. The van der Waals surface area contributed by atoms with Gasteiger partial charge in [0.1, 0.15) is 5.52 Å². The van der Waals surface area contributed by atoms with E-state index in [0.717, 1.165) is 36.1 Å². The molecular formula is C14H19N3O. The van der Waals surface area contributed by atoms with Crippen molar-refractivity contribution in [3.63, 3.8) is 0 Å². The molecule has 2 heterocycles. The molecule has 96 valence electrons. The molecule has 4 heteroatoms. The minimum Gasteiger partial charge on any atom is -0.388 e. The van der Waals surface area contributed by atoms with Gasteiger partial charge in [0.05, 0.1) is 29.2 Å². The van der Waals surface area contributed by atoms with E-state index < -0.39 is 5.60 Å². The van der Waals surface area contributed by atoms with Crippen LogP contribution in [0.3, 0.4) is 0 Å². The molecule has 4 nitrogen and oxygen atoms in total. The Hall–Kier alpha value is -1.55. The van der Waals surface area contributed by atoms with Crippen molar-refractivity contribution >= 4 is 16.7 Å². The molecular weight excluding hydrogens is 226 g/mol. The first-order valence-electron chi connectivity index (χ1n) is 6.48. The molecule has 0 spiro atoms. The van der Waals surface area contributed by atoms with E-state index in [2.05, 4.69) is 20.9 Å². The molecule has 18 heavy (non-hydrogen) atoms. The number of rotatable bonds is 2. The van der Waals surface area contributed by atoms with E-state index in [1.165, 1.54) is 0 Å². The Morgan fingerprint density at radius 3 is 3.06 bits per heavy atom. The molecule has 0 amide bonds. The van der Waals surface area contributed by atoms with Crippen LogP contribution in [0.25, 0.3) is 11.0 Å². The van der Waals surface area contributed by atoms with E-state index in [9.17, 15) is 5.11 Å². The van der Waals surface area contributed by atoms with Gasteiger partial charge in [-0.2, -0.15) is 0 Å². The number of hydrogen-bond acceptors (Lipinski definition) is 3. The van der Waals surface area contributed by atoms with E-state index in [1.54, 1.807) is 6.33 Å². The van der Waals surface area contributed by atoms with Crippen LogP contribution in [-0.2, 0) is 0 Å². The van der Waals surface area contributed by atoms with Crippen LogP contribution in [0.4, 0.5) is 5.69 Å². The maximum Gasteiger partial charge on any atom is 0.112 e. The van der Waals surface area contributed by atoms with Gasteiger partial charge >= 0.3 is 0 Å². The van der Waals surface area contributed by atoms with Gasteiger partial charge in [-0.05, 0) is 38.8 Å². The van der Waals surface area contributed by atoms with Crippen molar-refractivity contribution in [3.8, 4) is 0 Å². The molecule has 0 aliphatic carbocycles. The zero-order valence-corrected chi connectivity index (χ0v) is 10.8. The Balaban J connectivity index is 2.06. The van der Waals surface area contributed by atoms with Crippen LogP contribution in [0.15, 0.2) is 24.5 Å². The highest BCUT2D eigenvalue weighted by molar-refractivity contribution is 5.88. The van der Waals surface area contributed by atoms with Crippen LogP contribution >= 0.6 is 0 Å². The molecule has 1 fully saturated rings. The van der Waals surface area contributed by atoms with Crippen LogP contribution in [0.1, 0.15) is 26.7 Å². The van der Waals surface area contributed by atoms with Crippen LogP contribution < -0.4 is 4.90 Å². The summed E-state index contributed by atoms with van der Waals surface area (Å²) in [7, 11) is 0. The molecule has 1 aromatic carbocycles. The molecule has 3 rings (SSSR count). The van der Waals surface area contributed by atoms with Crippen molar-refractivity contribution in [2.45, 2.75) is 38.3 Å². The van der Waals surface area contributed by atoms with Crippen molar-refractivity contribution in [2.24, 2.45) is 0 Å². The summed E-state index contributed by atoms with van der Waals surface area (Å²) in [5.41, 5.74) is 2.48. The van der Waals surface area contributed by atoms with E-state index in [1.807, 2.05) is 26.0 Å². The van der Waals surface area contributed by atoms with Crippen LogP contribution in [0.2, 0.25) is 0 Å². The van der Waals surface area contributed by atoms with Gasteiger partial charge in [0.25, 0.3) is 0 Å². The number of imidazole rings is 1. The Kier molecular flexibility index (Phi) is 2.55. The van der Waals surface area contributed by atoms with Gasteiger partial charge < -0.3 is 15.0 Å². The fourth-order valence-electron chi connectivity index (χ4n) is 2.97. The van der Waals surface area contributed by atoms with Crippen molar-refractivity contribution in [2.75, 3.05) is 11.4 Å². The number of fused-ring (bicyclic) bond motifs is 1. The van der Waals surface area contributed by atoms with E-state index in [-0.39, 0.29) is 6.04 Å². The predicted molar refractivity (Wildman–Crippen MR) is 72.8 cm³/mol. The Bertz CT molecular complexity index is 555. The normalized spacial score (nSPS) is 20.8. The van der Waals surface area contributed by atoms with Gasteiger partial charge in [0.15, 0.2) is 0 Å². The van der Waals surface area contributed by atoms with Gasteiger partial charge in [-0.25, -0.2) is 4.98 Å². The number of aromatic amines is 1. The zero-order chi connectivity index (χ0) is 12.8. The second kappa shape index (κ2) is 3.99. The van der Waals surface area contributed by atoms with Gasteiger partial charge in [0, 0.05) is 6.54 Å². The fourth-order valence-corrected chi connectivity index (χ4v) is 2.97. The SMILES string of the molecule is CC(C)(O)[C@@H]1CCCN1c1cccc2[nH]cnc12. The second-order valence-electron chi connectivity index (χ2n) is 5.58. The Morgan fingerprint density at radius 1 is 1.44 bits per heavy atom. The Morgan fingerprint density at radius 2 is 2.28 bits per heavy atom. The molecule has 1 aliphatic heterocycles. The summed E-state index contributed by atoms with van der Waals surface area (Å²) in [5.74, 6) is 0. The molecule has 0 unspecified atom stereocenters. The predicted octanol–water partition coefficient (Wildman–Crippen LogP) is 2.30. The largest absolute Gasteiger partial charge is 0.388 e. The lowest BCUT2D eigenvalue weighted by Crippen LogP contribution is -2.45. The third kappa shape index (κ3) is 1.77. The minimum absolute atomic E-state index is 0.166. The molecule has 0 saturated carbocycles. The number of H-pyrrole nitrogens is 1. The van der Waals surface area contributed by atoms with Gasteiger partial charge in [-0.1, -0.05) is 6.07 Å². The molecule has 1 atom stereocenters. The fraction of sp³-hybridized carbons (Fsp3) is 0.500. The lowest BCUT2D eigenvalue weighted by molar-refractivity contribution is 0.0535. The molecule has 0 bridgehead atoms. The Labute approximate surface area is 107 Å². The van der Waals surface area contributed by atoms with Crippen molar-refractivity contribution in [1.82, 2.24) is 9.97 Å². The molecule has 2 N–H and O–H groups in total.